The Balaban J connectivity index is 2.56. The third-order valence-electron chi connectivity index (χ3n) is 2.22. The fraction of sp³-hybridized carbons (Fsp3) is 0.500. The molecule has 0 fully saturated rings. The maximum Gasteiger partial charge on any atom is 0.145 e. The van der Waals surface area contributed by atoms with Crippen molar-refractivity contribution in [2.45, 2.75) is 26.9 Å². The maximum absolute atomic E-state index is 13.5. The van der Waals surface area contributed by atoms with Crippen LogP contribution in [0.3, 0.4) is 0 Å². The van der Waals surface area contributed by atoms with E-state index in [0.717, 1.165) is 6.42 Å². The highest BCUT2D eigenvalue weighted by Crippen LogP contribution is 2.22. The van der Waals surface area contributed by atoms with Crippen molar-refractivity contribution >= 4 is 15.9 Å². The Hall–Kier alpha value is -0.480. The Bertz CT molecular complexity index is 353. The molecular formula is C12H15BrF2O. The molecule has 16 heavy (non-hydrogen) atoms. The molecule has 0 saturated carbocycles. The van der Waals surface area contributed by atoms with Crippen LogP contribution in [0.1, 0.15) is 25.8 Å². The van der Waals surface area contributed by atoms with E-state index in [9.17, 15) is 8.78 Å². The van der Waals surface area contributed by atoms with Gasteiger partial charge in [0.25, 0.3) is 0 Å². The summed E-state index contributed by atoms with van der Waals surface area (Å²) in [6.45, 7) is 4.64. The van der Waals surface area contributed by atoms with Gasteiger partial charge in [-0.1, -0.05) is 13.8 Å². The summed E-state index contributed by atoms with van der Waals surface area (Å²) in [5.74, 6) is -0.619. The molecule has 90 valence electrons. The van der Waals surface area contributed by atoms with Gasteiger partial charge in [0, 0.05) is 6.61 Å². The third-order valence-corrected chi connectivity index (χ3v) is 2.84. The quantitative estimate of drug-likeness (QED) is 0.581. The van der Waals surface area contributed by atoms with E-state index < -0.39 is 11.6 Å². The Morgan fingerprint density at radius 2 is 2.00 bits per heavy atom. The van der Waals surface area contributed by atoms with E-state index in [4.69, 9.17) is 4.74 Å². The molecule has 0 N–H and O–H groups in total. The number of halogens is 3. The zero-order valence-corrected chi connectivity index (χ0v) is 11.0. The summed E-state index contributed by atoms with van der Waals surface area (Å²) in [6, 6.07) is 2.58. The molecular weight excluding hydrogens is 278 g/mol. The number of hydrogen-bond donors (Lipinski definition) is 0. The molecule has 0 radical (unpaired) electrons. The van der Waals surface area contributed by atoms with Crippen molar-refractivity contribution in [1.82, 2.24) is 0 Å². The minimum atomic E-state index is -0.579. The topological polar surface area (TPSA) is 9.23 Å². The minimum absolute atomic E-state index is 0.0156. The zero-order chi connectivity index (χ0) is 12.1. The van der Waals surface area contributed by atoms with Gasteiger partial charge in [0.2, 0.25) is 0 Å². The second-order valence-corrected chi connectivity index (χ2v) is 4.91. The standard InChI is InChI=1S/C12H15BrF2O/c1-8(2)5-6-16-7-9-11(14)4-3-10(13)12(9)15/h3-4,8H,5-7H2,1-2H3. The summed E-state index contributed by atoms with van der Waals surface area (Å²) >= 11 is 3.02. The molecule has 1 nitrogen and oxygen atoms in total. The highest BCUT2D eigenvalue weighted by Gasteiger charge is 2.12. The highest BCUT2D eigenvalue weighted by molar-refractivity contribution is 9.10. The lowest BCUT2D eigenvalue weighted by Crippen LogP contribution is -2.03. The van der Waals surface area contributed by atoms with Crippen molar-refractivity contribution in [1.29, 1.82) is 0 Å². The van der Waals surface area contributed by atoms with Crippen molar-refractivity contribution in [3.8, 4) is 0 Å². The van der Waals surface area contributed by atoms with Crippen LogP contribution in [0.4, 0.5) is 8.78 Å². The SMILES string of the molecule is CC(C)CCOCc1c(F)ccc(Br)c1F. The van der Waals surface area contributed by atoms with Crippen LogP contribution < -0.4 is 0 Å². The van der Waals surface area contributed by atoms with Crippen molar-refractivity contribution < 1.29 is 13.5 Å². The van der Waals surface area contributed by atoms with Gasteiger partial charge in [-0.25, -0.2) is 8.78 Å². The first-order valence-corrected chi connectivity index (χ1v) is 6.01. The van der Waals surface area contributed by atoms with Crippen LogP contribution >= 0.6 is 15.9 Å². The number of benzene rings is 1. The number of rotatable bonds is 5. The smallest absolute Gasteiger partial charge is 0.145 e. The van der Waals surface area contributed by atoms with Gasteiger partial charge in [0.1, 0.15) is 11.6 Å². The first kappa shape index (κ1) is 13.6. The summed E-state index contributed by atoms with van der Waals surface area (Å²) in [7, 11) is 0. The van der Waals surface area contributed by atoms with Gasteiger partial charge in [-0.05, 0) is 40.4 Å². The van der Waals surface area contributed by atoms with E-state index in [-0.39, 0.29) is 16.6 Å². The van der Waals surface area contributed by atoms with Crippen molar-refractivity contribution in [3.63, 3.8) is 0 Å². The summed E-state index contributed by atoms with van der Waals surface area (Å²) in [6.07, 6.45) is 0.886. The summed E-state index contributed by atoms with van der Waals surface area (Å²) in [5.41, 5.74) is -0.0156. The second-order valence-electron chi connectivity index (χ2n) is 4.06. The van der Waals surface area contributed by atoms with E-state index in [1.807, 2.05) is 0 Å². The molecule has 0 saturated heterocycles. The average molecular weight is 293 g/mol. The zero-order valence-electron chi connectivity index (χ0n) is 9.40. The fourth-order valence-electron chi connectivity index (χ4n) is 1.19. The van der Waals surface area contributed by atoms with E-state index >= 15 is 0 Å². The largest absolute Gasteiger partial charge is 0.377 e. The monoisotopic (exact) mass is 292 g/mol. The molecule has 1 aromatic rings. The Kier molecular flexibility index (Phi) is 5.35. The molecule has 0 bridgehead atoms. The third kappa shape index (κ3) is 3.83. The molecule has 0 atom stereocenters. The van der Waals surface area contributed by atoms with Crippen LogP contribution in [0.2, 0.25) is 0 Å². The molecule has 0 aromatic heterocycles. The average Bonchev–Trinajstić information content (AvgIpc) is 2.22. The minimum Gasteiger partial charge on any atom is -0.377 e. The van der Waals surface area contributed by atoms with Crippen LogP contribution in [0, 0.1) is 17.6 Å². The van der Waals surface area contributed by atoms with Gasteiger partial charge in [-0.15, -0.1) is 0 Å². The molecule has 0 unspecified atom stereocenters. The predicted octanol–water partition coefficient (Wildman–Crippen LogP) is 4.29. The van der Waals surface area contributed by atoms with Gasteiger partial charge in [-0.3, -0.25) is 0 Å². The Morgan fingerprint density at radius 1 is 1.31 bits per heavy atom. The lowest BCUT2D eigenvalue weighted by Gasteiger charge is -2.09. The van der Waals surface area contributed by atoms with Crippen molar-refractivity contribution in [3.05, 3.63) is 33.8 Å². The number of ether oxygens (including phenoxy) is 1. The van der Waals surface area contributed by atoms with E-state index in [0.29, 0.717) is 12.5 Å². The summed E-state index contributed by atoms with van der Waals surface area (Å²) in [5, 5.41) is 0. The van der Waals surface area contributed by atoms with E-state index in [1.54, 1.807) is 0 Å². The van der Waals surface area contributed by atoms with Crippen LogP contribution in [-0.2, 0) is 11.3 Å². The summed E-state index contributed by atoms with van der Waals surface area (Å²) < 4.78 is 32.3. The van der Waals surface area contributed by atoms with Gasteiger partial charge >= 0.3 is 0 Å². The van der Waals surface area contributed by atoms with E-state index in [2.05, 4.69) is 29.8 Å². The first-order chi connectivity index (χ1) is 7.52. The highest BCUT2D eigenvalue weighted by atomic mass is 79.9. The molecule has 0 amide bonds. The molecule has 0 aliphatic carbocycles. The molecule has 0 heterocycles. The Labute approximate surface area is 103 Å². The Morgan fingerprint density at radius 3 is 2.62 bits per heavy atom. The van der Waals surface area contributed by atoms with Crippen molar-refractivity contribution in [2.24, 2.45) is 5.92 Å². The van der Waals surface area contributed by atoms with Crippen LogP contribution in [0.5, 0.6) is 0 Å². The van der Waals surface area contributed by atoms with Gasteiger partial charge < -0.3 is 4.74 Å². The van der Waals surface area contributed by atoms with Crippen LogP contribution in [-0.4, -0.2) is 6.61 Å². The van der Waals surface area contributed by atoms with E-state index in [1.165, 1.54) is 12.1 Å². The van der Waals surface area contributed by atoms with Gasteiger partial charge in [-0.2, -0.15) is 0 Å². The molecule has 0 aliphatic heterocycles. The van der Waals surface area contributed by atoms with Gasteiger partial charge in [0.15, 0.2) is 0 Å². The summed E-state index contributed by atoms with van der Waals surface area (Å²) in [4.78, 5) is 0. The van der Waals surface area contributed by atoms with Crippen molar-refractivity contribution in [2.75, 3.05) is 6.61 Å². The lowest BCUT2D eigenvalue weighted by atomic mass is 10.1. The molecule has 4 heteroatoms. The predicted molar refractivity (Wildman–Crippen MR) is 63.2 cm³/mol. The van der Waals surface area contributed by atoms with Gasteiger partial charge in [0.05, 0.1) is 16.6 Å². The number of hydrogen-bond acceptors (Lipinski definition) is 1. The maximum atomic E-state index is 13.5. The van der Waals surface area contributed by atoms with Crippen LogP contribution in [0.15, 0.2) is 16.6 Å². The molecule has 0 aliphatic rings. The van der Waals surface area contributed by atoms with Crippen LogP contribution in [0.25, 0.3) is 0 Å². The second kappa shape index (κ2) is 6.30. The normalized spacial score (nSPS) is 11.1. The molecule has 1 rings (SSSR count). The molecule has 0 spiro atoms. The lowest BCUT2D eigenvalue weighted by molar-refractivity contribution is 0.106. The fourth-order valence-corrected chi connectivity index (χ4v) is 1.57. The first-order valence-electron chi connectivity index (χ1n) is 5.22. The molecule has 1 aromatic carbocycles.